The molecule has 2 aromatic carbocycles. The van der Waals surface area contributed by atoms with Crippen molar-refractivity contribution in [2.75, 3.05) is 23.3 Å². The minimum absolute atomic E-state index is 0.156. The Morgan fingerprint density at radius 2 is 1.70 bits per heavy atom. The van der Waals surface area contributed by atoms with Crippen LogP contribution in [0.3, 0.4) is 0 Å². The van der Waals surface area contributed by atoms with E-state index in [4.69, 9.17) is 0 Å². The third-order valence-corrected chi connectivity index (χ3v) is 5.07. The fourth-order valence-corrected chi connectivity index (χ4v) is 3.56. The van der Waals surface area contributed by atoms with Crippen LogP contribution in [0.5, 0.6) is 0 Å². The zero-order chi connectivity index (χ0) is 18.5. The van der Waals surface area contributed by atoms with Gasteiger partial charge >= 0.3 is 0 Å². The van der Waals surface area contributed by atoms with Crippen LogP contribution >= 0.6 is 0 Å². The number of hydrogen-bond acceptors (Lipinski definition) is 4. The second-order valence-electron chi connectivity index (χ2n) is 7.12. The van der Waals surface area contributed by atoms with E-state index in [2.05, 4.69) is 70.0 Å². The topological polar surface area (TPSA) is 53.3 Å². The third kappa shape index (κ3) is 4.49. The first-order valence-corrected chi connectivity index (χ1v) is 9.59. The van der Waals surface area contributed by atoms with E-state index in [1.165, 1.54) is 11.3 Å². The van der Waals surface area contributed by atoms with Crippen LogP contribution in [-0.4, -0.2) is 34.1 Å². The van der Waals surface area contributed by atoms with Crippen LogP contribution in [-0.2, 0) is 13.1 Å². The number of anilines is 2. The lowest BCUT2D eigenvalue weighted by atomic mass is 10.1. The molecule has 1 aliphatic rings. The molecule has 4 rings (SSSR count). The predicted molar refractivity (Wildman–Crippen MR) is 109 cm³/mol. The summed E-state index contributed by atoms with van der Waals surface area (Å²) >= 11 is 0. The number of para-hydroxylation sites is 2. The van der Waals surface area contributed by atoms with Crippen LogP contribution in [0, 0.1) is 0 Å². The monoisotopic (exact) mass is 362 g/mol. The van der Waals surface area contributed by atoms with Crippen molar-refractivity contribution < 1.29 is 5.11 Å². The van der Waals surface area contributed by atoms with Crippen molar-refractivity contribution in [3.05, 3.63) is 78.1 Å². The predicted octanol–water partition coefficient (Wildman–Crippen LogP) is 3.50. The van der Waals surface area contributed by atoms with E-state index in [-0.39, 0.29) is 6.10 Å². The summed E-state index contributed by atoms with van der Waals surface area (Å²) in [4.78, 5) is 2.36. The Hall–Kier alpha value is -2.79. The molecule has 5 heteroatoms. The molecule has 27 heavy (non-hydrogen) atoms. The summed E-state index contributed by atoms with van der Waals surface area (Å²) in [6, 6.07) is 18.8. The van der Waals surface area contributed by atoms with Crippen molar-refractivity contribution in [2.24, 2.45) is 0 Å². The van der Waals surface area contributed by atoms with E-state index in [1.54, 1.807) is 0 Å². The van der Waals surface area contributed by atoms with Gasteiger partial charge < -0.3 is 15.3 Å². The quantitative estimate of drug-likeness (QED) is 0.705. The molecule has 5 nitrogen and oxygen atoms in total. The number of benzene rings is 2. The Labute approximate surface area is 160 Å². The molecule has 0 aliphatic carbocycles. The van der Waals surface area contributed by atoms with Gasteiger partial charge in [-0.2, -0.15) is 5.10 Å². The fourth-order valence-electron chi connectivity index (χ4n) is 3.56. The van der Waals surface area contributed by atoms with E-state index in [9.17, 15) is 5.11 Å². The van der Waals surface area contributed by atoms with Crippen molar-refractivity contribution in [1.29, 1.82) is 0 Å². The summed E-state index contributed by atoms with van der Waals surface area (Å²) in [5, 5.41) is 17.8. The highest BCUT2D eigenvalue weighted by molar-refractivity contribution is 5.70. The second kappa shape index (κ2) is 8.27. The highest BCUT2D eigenvalue weighted by Gasteiger charge is 2.19. The molecule has 0 unspecified atom stereocenters. The van der Waals surface area contributed by atoms with Crippen LogP contribution in [0.4, 0.5) is 11.4 Å². The first kappa shape index (κ1) is 17.6. The van der Waals surface area contributed by atoms with Gasteiger partial charge in [0.2, 0.25) is 0 Å². The smallest absolute Gasteiger partial charge is 0.0659 e. The van der Waals surface area contributed by atoms with E-state index < -0.39 is 0 Å². The van der Waals surface area contributed by atoms with Gasteiger partial charge in [0.15, 0.2) is 0 Å². The Kier molecular flexibility index (Phi) is 5.39. The van der Waals surface area contributed by atoms with E-state index in [1.807, 2.05) is 16.9 Å². The van der Waals surface area contributed by atoms with Crippen molar-refractivity contribution in [2.45, 2.75) is 32.0 Å². The minimum Gasteiger partial charge on any atom is -0.393 e. The molecule has 1 aliphatic heterocycles. The Balaban J connectivity index is 1.39. The maximum absolute atomic E-state index is 9.75. The van der Waals surface area contributed by atoms with E-state index in [0.717, 1.165) is 50.3 Å². The van der Waals surface area contributed by atoms with E-state index in [0.29, 0.717) is 0 Å². The molecule has 0 saturated carbocycles. The molecule has 1 fully saturated rings. The normalized spacial score (nSPS) is 15.1. The van der Waals surface area contributed by atoms with Gasteiger partial charge in [-0.05, 0) is 30.5 Å². The SMILES string of the molecule is OC1CCN(c2ccccc2NCc2cnn(Cc3ccccc3)c2)CC1. The highest BCUT2D eigenvalue weighted by atomic mass is 16.3. The number of aliphatic hydroxyl groups excluding tert-OH is 1. The van der Waals surface area contributed by atoms with Crippen molar-refractivity contribution in [3.8, 4) is 0 Å². The zero-order valence-electron chi connectivity index (χ0n) is 15.5. The average Bonchev–Trinajstić information content (AvgIpc) is 3.15. The largest absolute Gasteiger partial charge is 0.393 e. The number of aromatic nitrogens is 2. The van der Waals surface area contributed by atoms with E-state index >= 15 is 0 Å². The number of nitrogens with zero attached hydrogens (tertiary/aromatic N) is 3. The number of nitrogens with one attached hydrogen (secondary N) is 1. The van der Waals surface area contributed by atoms with Gasteiger partial charge in [0.1, 0.15) is 0 Å². The summed E-state index contributed by atoms with van der Waals surface area (Å²) in [6.45, 7) is 3.32. The lowest BCUT2D eigenvalue weighted by molar-refractivity contribution is 0.145. The zero-order valence-corrected chi connectivity index (χ0v) is 15.5. The maximum Gasteiger partial charge on any atom is 0.0659 e. The van der Waals surface area contributed by atoms with Gasteiger partial charge in [-0.15, -0.1) is 0 Å². The molecule has 2 N–H and O–H groups in total. The summed E-state index contributed by atoms with van der Waals surface area (Å²) < 4.78 is 1.98. The standard InChI is InChI=1S/C22H26N4O/c27-20-10-12-25(13-11-20)22-9-5-4-8-21(22)23-14-19-15-24-26(17-19)16-18-6-2-1-3-7-18/h1-9,15,17,20,23,27H,10-14,16H2. The van der Waals surface area contributed by atoms with Crippen molar-refractivity contribution in [3.63, 3.8) is 0 Å². The molecule has 140 valence electrons. The van der Waals surface area contributed by atoms with Gasteiger partial charge in [-0.3, -0.25) is 4.68 Å². The van der Waals surface area contributed by atoms with Crippen LogP contribution in [0.25, 0.3) is 0 Å². The first-order valence-electron chi connectivity index (χ1n) is 9.59. The Bertz CT molecular complexity index is 854. The van der Waals surface area contributed by atoms with Gasteiger partial charge in [0.05, 0.1) is 30.2 Å². The van der Waals surface area contributed by atoms with Crippen LogP contribution in [0.2, 0.25) is 0 Å². The van der Waals surface area contributed by atoms with Crippen LogP contribution in [0.1, 0.15) is 24.0 Å². The minimum atomic E-state index is -0.156. The fraction of sp³-hybridized carbons (Fsp3) is 0.318. The average molecular weight is 362 g/mol. The van der Waals surface area contributed by atoms with Gasteiger partial charge in [-0.25, -0.2) is 0 Å². The summed E-state index contributed by atoms with van der Waals surface area (Å²) in [7, 11) is 0. The second-order valence-corrected chi connectivity index (χ2v) is 7.12. The molecule has 0 bridgehead atoms. The van der Waals surface area contributed by atoms with Crippen molar-refractivity contribution >= 4 is 11.4 Å². The molecule has 0 spiro atoms. The highest BCUT2D eigenvalue weighted by Crippen LogP contribution is 2.28. The number of rotatable bonds is 6. The molecule has 0 amide bonds. The first-order chi connectivity index (χ1) is 13.3. The van der Waals surface area contributed by atoms with Crippen LogP contribution < -0.4 is 10.2 Å². The molecule has 1 aromatic heterocycles. The van der Waals surface area contributed by atoms with Gasteiger partial charge in [0.25, 0.3) is 0 Å². The molecule has 1 saturated heterocycles. The summed E-state index contributed by atoms with van der Waals surface area (Å²) in [6.07, 6.45) is 5.54. The van der Waals surface area contributed by atoms with Gasteiger partial charge in [0, 0.05) is 31.4 Å². The molecule has 0 atom stereocenters. The molecule has 2 heterocycles. The maximum atomic E-state index is 9.75. The molecule has 3 aromatic rings. The number of hydrogen-bond donors (Lipinski definition) is 2. The molecular weight excluding hydrogens is 336 g/mol. The number of piperidine rings is 1. The lowest BCUT2D eigenvalue weighted by Crippen LogP contribution is -2.36. The Morgan fingerprint density at radius 3 is 2.52 bits per heavy atom. The summed E-state index contributed by atoms with van der Waals surface area (Å²) in [5.41, 5.74) is 4.75. The number of aliphatic hydroxyl groups is 1. The van der Waals surface area contributed by atoms with Crippen LogP contribution in [0.15, 0.2) is 67.0 Å². The third-order valence-electron chi connectivity index (χ3n) is 5.07. The Morgan fingerprint density at radius 1 is 0.963 bits per heavy atom. The lowest BCUT2D eigenvalue weighted by Gasteiger charge is -2.33. The molecule has 0 radical (unpaired) electrons. The van der Waals surface area contributed by atoms with Crippen molar-refractivity contribution in [1.82, 2.24) is 9.78 Å². The molecular formula is C22H26N4O. The summed E-state index contributed by atoms with van der Waals surface area (Å²) in [5.74, 6) is 0. The van der Waals surface area contributed by atoms with Gasteiger partial charge in [-0.1, -0.05) is 42.5 Å².